The highest BCUT2D eigenvalue weighted by Crippen LogP contribution is 2.29. The summed E-state index contributed by atoms with van der Waals surface area (Å²) in [6.07, 6.45) is 1.75. The first-order valence-corrected chi connectivity index (χ1v) is 9.96. The molecule has 1 atom stereocenters. The highest BCUT2D eigenvalue weighted by atomic mass is 32.2. The number of hydrogen-bond acceptors (Lipinski definition) is 6. The van der Waals surface area contributed by atoms with Crippen LogP contribution in [0.2, 0.25) is 0 Å². The predicted octanol–water partition coefficient (Wildman–Crippen LogP) is 0.880. The van der Waals surface area contributed by atoms with Crippen molar-refractivity contribution >= 4 is 33.0 Å². The number of carbonyl (C=O) groups is 1. The van der Waals surface area contributed by atoms with E-state index >= 15 is 0 Å². The van der Waals surface area contributed by atoms with Crippen molar-refractivity contribution in [3.05, 3.63) is 18.2 Å². The monoisotopic (exact) mass is 384 g/mol. The van der Waals surface area contributed by atoms with Crippen molar-refractivity contribution < 1.29 is 22.5 Å². The van der Waals surface area contributed by atoms with Gasteiger partial charge in [-0.3, -0.25) is 9.35 Å². The number of primary amides is 1. The number of rotatable bonds is 4. The van der Waals surface area contributed by atoms with Gasteiger partial charge in [-0.2, -0.15) is 8.42 Å². The van der Waals surface area contributed by atoms with Gasteiger partial charge < -0.3 is 19.9 Å². The molecule has 26 heavy (non-hydrogen) atoms. The van der Waals surface area contributed by atoms with Gasteiger partial charge in [0.15, 0.2) is 0 Å². The van der Waals surface area contributed by atoms with Crippen molar-refractivity contribution in [2.45, 2.75) is 19.9 Å². The molecule has 0 aliphatic carbocycles. The van der Waals surface area contributed by atoms with E-state index in [4.69, 9.17) is 20.0 Å². The zero-order valence-corrected chi connectivity index (χ0v) is 15.9. The van der Waals surface area contributed by atoms with Gasteiger partial charge >= 0.3 is 0 Å². The fourth-order valence-electron chi connectivity index (χ4n) is 2.80. The average Bonchev–Trinajstić information content (AvgIpc) is 2.91. The SMILES string of the molecule is COc1ccc2c(c1)nc1n2CCCN1CC(C)C(N)=O.CS(=O)(=O)O. The summed E-state index contributed by atoms with van der Waals surface area (Å²) in [5.74, 6) is 1.25. The maximum absolute atomic E-state index is 11.3. The Morgan fingerprint density at radius 1 is 1.42 bits per heavy atom. The number of nitrogens with two attached hydrogens (primary N) is 1. The van der Waals surface area contributed by atoms with E-state index < -0.39 is 10.1 Å². The molecule has 2 heterocycles. The number of benzene rings is 1. The first kappa shape index (κ1) is 20.0. The summed E-state index contributed by atoms with van der Waals surface area (Å²) in [4.78, 5) is 18.1. The zero-order valence-electron chi connectivity index (χ0n) is 15.0. The molecule has 0 spiro atoms. The van der Waals surface area contributed by atoms with Gasteiger partial charge in [-0.15, -0.1) is 0 Å². The van der Waals surface area contributed by atoms with Crippen LogP contribution in [-0.2, 0) is 21.5 Å². The second-order valence-electron chi connectivity index (χ2n) is 6.25. The standard InChI is InChI=1S/C15H20N4O2.CH4O3S/c1-10(14(16)20)9-18-6-3-7-19-13-5-4-11(21-2)8-12(13)17-15(18)19;1-5(2,3)4/h4-5,8,10H,3,6-7,9H2,1-2H3,(H2,16,20);1H3,(H,2,3,4). The lowest BCUT2D eigenvalue weighted by Crippen LogP contribution is -2.39. The maximum Gasteiger partial charge on any atom is 0.261 e. The molecule has 0 fully saturated rings. The summed E-state index contributed by atoms with van der Waals surface area (Å²) in [7, 11) is -2.02. The molecule has 2 aromatic rings. The third-order valence-corrected chi connectivity index (χ3v) is 4.01. The third kappa shape index (κ3) is 5.09. The van der Waals surface area contributed by atoms with Gasteiger partial charge in [-0.25, -0.2) is 4.98 Å². The minimum absolute atomic E-state index is 0.189. The van der Waals surface area contributed by atoms with Crippen LogP contribution in [0.25, 0.3) is 11.0 Å². The van der Waals surface area contributed by atoms with Crippen LogP contribution < -0.4 is 15.4 Å². The van der Waals surface area contributed by atoms with Gasteiger partial charge in [-0.1, -0.05) is 6.92 Å². The van der Waals surface area contributed by atoms with Crippen molar-refractivity contribution in [2.75, 3.05) is 31.4 Å². The first-order valence-electron chi connectivity index (χ1n) is 8.11. The number of ether oxygens (including phenoxy) is 1. The van der Waals surface area contributed by atoms with E-state index in [-0.39, 0.29) is 11.8 Å². The third-order valence-electron chi connectivity index (χ3n) is 4.01. The van der Waals surface area contributed by atoms with Crippen molar-refractivity contribution in [1.29, 1.82) is 0 Å². The molecule has 10 heteroatoms. The molecule has 1 aromatic heterocycles. The van der Waals surface area contributed by atoms with Gasteiger partial charge in [-0.05, 0) is 18.6 Å². The Hall–Kier alpha value is -2.33. The largest absolute Gasteiger partial charge is 0.497 e. The van der Waals surface area contributed by atoms with Crippen molar-refractivity contribution in [3.8, 4) is 5.75 Å². The summed E-state index contributed by atoms with van der Waals surface area (Å²) >= 11 is 0. The Morgan fingerprint density at radius 2 is 2.08 bits per heavy atom. The summed E-state index contributed by atoms with van der Waals surface area (Å²) in [5.41, 5.74) is 7.40. The number of methoxy groups -OCH3 is 1. The topological polar surface area (TPSA) is 128 Å². The van der Waals surface area contributed by atoms with Crippen LogP contribution in [0.3, 0.4) is 0 Å². The highest BCUT2D eigenvalue weighted by molar-refractivity contribution is 7.85. The molecule has 0 saturated heterocycles. The number of amides is 1. The fraction of sp³-hybridized carbons (Fsp3) is 0.500. The number of hydrogen-bond donors (Lipinski definition) is 2. The minimum atomic E-state index is -3.67. The normalized spacial score (nSPS) is 15.0. The van der Waals surface area contributed by atoms with Crippen molar-refractivity contribution in [2.24, 2.45) is 11.7 Å². The Balaban J connectivity index is 0.000000431. The molecule has 1 unspecified atom stereocenters. The zero-order chi connectivity index (χ0) is 19.5. The van der Waals surface area contributed by atoms with Crippen LogP contribution in [0, 0.1) is 5.92 Å². The molecule has 9 nitrogen and oxygen atoms in total. The number of aryl methyl sites for hydroxylation is 1. The van der Waals surface area contributed by atoms with Crippen LogP contribution in [0.5, 0.6) is 5.75 Å². The Bertz CT molecular complexity index is 885. The Morgan fingerprint density at radius 3 is 2.65 bits per heavy atom. The summed E-state index contributed by atoms with van der Waals surface area (Å²) < 4.78 is 33.3. The number of carbonyl (C=O) groups excluding carboxylic acids is 1. The van der Waals surface area contributed by atoms with Gasteiger partial charge in [0.05, 0.1) is 30.3 Å². The second-order valence-corrected chi connectivity index (χ2v) is 7.72. The van der Waals surface area contributed by atoms with E-state index in [0.717, 1.165) is 42.2 Å². The molecular formula is C16H24N4O5S. The van der Waals surface area contributed by atoms with Crippen molar-refractivity contribution in [3.63, 3.8) is 0 Å². The van der Waals surface area contributed by atoms with Crippen LogP contribution in [0.15, 0.2) is 18.2 Å². The molecule has 0 bridgehead atoms. The molecule has 0 radical (unpaired) electrons. The summed E-state index contributed by atoms with van der Waals surface area (Å²) in [5, 5.41) is 0. The van der Waals surface area contributed by atoms with E-state index in [1.165, 1.54) is 0 Å². The highest BCUT2D eigenvalue weighted by Gasteiger charge is 2.24. The first-order chi connectivity index (χ1) is 12.1. The van der Waals surface area contributed by atoms with Crippen LogP contribution >= 0.6 is 0 Å². The van der Waals surface area contributed by atoms with Crippen LogP contribution in [0.1, 0.15) is 13.3 Å². The summed E-state index contributed by atoms with van der Waals surface area (Å²) in [6.45, 7) is 4.31. The molecule has 0 saturated carbocycles. The molecule has 1 aliphatic heterocycles. The van der Waals surface area contributed by atoms with Crippen LogP contribution in [0.4, 0.5) is 5.95 Å². The number of imidazole rings is 1. The molecule has 3 N–H and O–H groups in total. The molecule has 1 aliphatic rings. The van der Waals surface area contributed by atoms with Gasteiger partial charge in [0, 0.05) is 25.7 Å². The second kappa shape index (κ2) is 7.92. The molecule has 1 aromatic carbocycles. The average molecular weight is 384 g/mol. The van der Waals surface area contributed by atoms with E-state index in [1.54, 1.807) is 7.11 Å². The molecule has 1 amide bonds. The molecular weight excluding hydrogens is 360 g/mol. The smallest absolute Gasteiger partial charge is 0.261 e. The Labute approximate surface area is 152 Å². The fourth-order valence-corrected chi connectivity index (χ4v) is 2.80. The molecule has 144 valence electrons. The number of nitrogens with zero attached hydrogens (tertiary/aromatic N) is 3. The van der Waals surface area contributed by atoms with E-state index in [1.807, 2.05) is 25.1 Å². The van der Waals surface area contributed by atoms with E-state index in [0.29, 0.717) is 12.8 Å². The minimum Gasteiger partial charge on any atom is -0.497 e. The maximum atomic E-state index is 11.3. The van der Waals surface area contributed by atoms with Crippen molar-refractivity contribution in [1.82, 2.24) is 9.55 Å². The van der Waals surface area contributed by atoms with E-state index in [9.17, 15) is 13.2 Å². The number of fused-ring (bicyclic) bond motifs is 3. The van der Waals surface area contributed by atoms with Gasteiger partial charge in [0.1, 0.15) is 5.75 Å². The van der Waals surface area contributed by atoms with Crippen LogP contribution in [-0.4, -0.2) is 54.9 Å². The predicted molar refractivity (Wildman–Crippen MR) is 98.9 cm³/mol. The number of anilines is 1. The van der Waals surface area contributed by atoms with Gasteiger partial charge in [0.25, 0.3) is 10.1 Å². The van der Waals surface area contributed by atoms with E-state index in [2.05, 4.69) is 9.47 Å². The summed E-state index contributed by atoms with van der Waals surface area (Å²) in [6, 6.07) is 5.92. The lowest BCUT2D eigenvalue weighted by Gasteiger charge is -2.30. The van der Waals surface area contributed by atoms with Gasteiger partial charge in [0.2, 0.25) is 11.9 Å². The lowest BCUT2D eigenvalue weighted by atomic mass is 10.1. The lowest BCUT2D eigenvalue weighted by molar-refractivity contribution is -0.121. The number of aromatic nitrogens is 2. The molecule has 3 rings (SSSR count). The quantitative estimate of drug-likeness (QED) is 0.749. The Kier molecular flexibility index (Phi) is 6.09.